The van der Waals surface area contributed by atoms with Crippen LogP contribution in [0.15, 0.2) is 28.8 Å². The maximum absolute atomic E-state index is 12.3. The van der Waals surface area contributed by atoms with Gasteiger partial charge in [0.15, 0.2) is 0 Å². The monoisotopic (exact) mass is 314 g/mol. The summed E-state index contributed by atoms with van der Waals surface area (Å²) in [5, 5.41) is 16.1. The van der Waals surface area contributed by atoms with Crippen LogP contribution in [-0.2, 0) is 16.0 Å². The molecule has 2 aromatic rings. The number of fused-ring (bicyclic) bond motifs is 1. The van der Waals surface area contributed by atoms with E-state index in [-0.39, 0.29) is 18.4 Å². The van der Waals surface area contributed by atoms with Gasteiger partial charge in [0.05, 0.1) is 24.1 Å². The highest BCUT2D eigenvalue weighted by atomic mass is 16.5. The molecule has 0 aliphatic heterocycles. The lowest BCUT2D eigenvalue weighted by Gasteiger charge is -2.14. The Morgan fingerprint density at radius 2 is 2.00 bits per heavy atom. The van der Waals surface area contributed by atoms with Gasteiger partial charge in [0.1, 0.15) is 5.76 Å². The molecule has 6 nitrogen and oxygen atoms in total. The van der Waals surface area contributed by atoms with Gasteiger partial charge in [0.2, 0.25) is 5.91 Å². The number of aliphatic carboxylic acids is 1. The van der Waals surface area contributed by atoms with E-state index in [4.69, 9.17) is 4.52 Å². The minimum absolute atomic E-state index is 0.162. The van der Waals surface area contributed by atoms with Gasteiger partial charge < -0.3 is 14.9 Å². The molecule has 1 aromatic heterocycles. The van der Waals surface area contributed by atoms with Gasteiger partial charge in [-0.05, 0) is 31.4 Å². The number of carboxylic acid groups (broad SMARTS) is 1. The van der Waals surface area contributed by atoms with Crippen LogP contribution >= 0.6 is 0 Å². The zero-order valence-electron chi connectivity index (χ0n) is 13.0. The molecule has 0 bridgehead atoms. The quantitative estimate of drug-likeness (QED) is 0.903. The summed E-state index contributed by atoms with van der Waals surface area (Å²) < 4.78 is 5.06. The number of aryl methyl sites for hydroxylation is 2. The molecule has 0 fully saturated rings. The van der Waals surface area contributed by atoms with Crippen LogP contribution in [0.2, 0.25) is 0 Å². The molecule has 0 radical (unpaired) electrons. The number of hydrogen-bond donors (Lipinski definition) is 2. The van der Waals surface area contributed by atoms with Crippen LogP contribution < -0.4 is 5.32 Å². The second-order valence-corrected chi connectivity index (χ2v) is 5.86. The van der Waals surface area contributed by atoms with E-state index in [2.05, 4.69) is 10.5 Å². The van der Waals surface area contributed by atoms with E-state index in [9.17, 15) is 14.7 Å². The number of carbonyl (C=O) groups excluding carboxylic acids is 1. The van der Waals surface area contributed by atoms with E-state index >= 15 is 0 Å². The van der Waals surface area contributed by atoms with Crippen molar-refractivity contribution in [2.24, 2.45) is 0 Å². The Balaban J connectivity index is 1.76. The summed E-state index contributed by atoms with van der Waals surface area (Å²) in [6.45, 7) is 3.57. The van der Waals surface area contributed by atoms with Crippen molar-refractivity contribution in [1.82, 2.24) is 10.5 Å². The van der Waals surface area contributed by atoms with Crippen LogP contribution in [0.4, 0.5) is 0 Å². The number of rotatable bonds is 4. The Labute approximate surface area is 133 Å². The Hall–Kier alpha value is -2.63. The van der Waals surface area contributed by atoms with Gasteiger partial charge >= 0.3 is 5.97 Å². The third kappa shape index (κ3) is 2.84. The largest absolute Gasteiger partial charge is 0.481 e. The van der Waals surface area contributed by atoms with Gasteiger partial charge in [0, 0.05) is 5.56 Å². The molecule has 0 saturated carbocycles. The summed E-state index contributed by atoms with van der Waals surface area (Å²) in [5.41, 5.74) is 3.14. The molecule has 2 unspecified atom stereocenters. The van der Waals surface area contributed by atoms with Crippen molar-refractivity contribution in [2.75, 3.05) is 0 Å². The van der Waals surface area contributed by atoms with Gasteiger partial charge in [-0.15, -0.1) is 0 Å². The fourth-order valence-electron chi connectivity index (χ4n) is 3.17. The number of carbonyl (C=O) groups is 2. The lowest BCUT2D eigenvalue weighted by Crippen LogP contribution is -2.29. The van der Waals surface area contributed by atoms with Gasteiger partial charge in [-0.2, -0.15) is 0 Å². The maximum atomic E-state index is 12.3. The summed E-state index contributed by atoms with van der Waals surface area (Å²) in [6.07, 6.45) is 0.555. The fourth-order valence-corrected chi connectivity index (χ4v) is 3.17. The molecular weight excluding hydrogens is 296 g/mol. The van der Waals surface area contributed by atoms with Gasteiger partial charge in [-0.3, -0.25) is 9.59 Å². The van der Waals surface area contributed by atoms with Crippen molar-refractivity contribution in [3.63, 3.8) is 0 Å². The first-order chi connectivity index (χ1) is 11.0. The van der Waals surface area contributed by atoms with E-state index in [1.807, 2.05) is 24.3 Å². The average Bonchev–Trinajstić information content (AvgIpc) is 3.03. The second kappa shape index (κ2) is 5.87. The van der Waals surface area contributed by atoms with Crippen LogP contribution in [0.1, 0.15) is 46.5 Å². The second-order valence-electron chi connectivity index (χ2n) is 5.86. The van der Waals surface area contributed by atoms with Crippen molar-refractivity contribution >= 4 is 11.9 Å². The molecule has 1 aliphatic carbocycles. The molecule has 1 heterocycles. The van der Waals surface area contributed by atoms with E-state index in [1.54, 1.807) is 13.8 Å². The summed E-state index contributed by atoms with van der Waals surface area (Å²) in [7, 11) is 0. The molecule has 1 aromatic carbocycles. The Morgan fingerprint density at radius 3 is 2.61 bits per heavy atom. The molecule has 2 atom stereocenters. The smallest absolute Gasteiger partial charge is 0.311 e. The number of hydrogen-bond acceptors (Lipinski definition) is 4. The zero-order chi connectivity index (χ0) is 16.6. The number of benzene rings is 1. The van der Waals surface area contributed by atoms with Gasteiger partial charge in [0.25, 0.3) is 0 Å². The van der Waals surface area contributed by atoms with E-state index in [0.717, 1.165) is 16.7 Å². The van der Waals surface area contributed by atoms with Crippen LogP contribution in [0.5, 0.6) is 0 Å². The number of nitrogens with zero attached hydrogens (tertiary/aromatic N) is 1. The molecule has 1 aliphatic rings. The molecule has 120 valence electrons. The first-order valence-electron chi connectivity index (χ1n) is 7.50. The first-order valence-corrected chi connectivity index (χ1v) is 7.50. The Kier molecular flexibility index (Phi) is 3.90. The average molecular weight is 314 g/mol. The first kappa shape index (κ1) is 15.3. The lowest BCUT2D eigenvalue weighted by molar-refractivity contribution is -0.139. The predicted molar refractivity (Wildman–Crippen MR) is 82.0 cm³/mol. The standard InChI is InChI=1S/C17H18N2O4/c1-9-13(10(2)23-19-9)8-16(20)18-15-7-14(17(21)22)11-5-3-4-6-12(11)15/h3-6,14-15H,7-8H2,1-2H3,(H,18,20)(H,21,22). The molecule has 3 rings (SSSR count). The molecule has 2 N–H and O–H groups in total. The van der Waals surface area contributed by atoms with Crippen molar-refractivity contribution in [1.29, 1.82) is 0 Å². The molecular formula is C17H18N2O4. The summed E-state index contributed by atoms with van der Waals surface area (Å²) in [6, 6.07) is 7.09. The highest BCUT2D eigenvalue weighted by Crippen LogP contribution is 2.40. The minimum atomic E-state index is -0.861. The Morgan fingerprint density at radius 1 is 1.30 bits per heavy atom. The highest BCUT2D eigenvalue weighted by Gasteiger charge is 2.35. The minimum Gasteiger partial charge on any atom is -0.481 e. The molecule has 6 heteroatoms. The lowest BCUT2D eigenvalue weighted by atomic mass is 10.0. The van der Waals surface area contributed by atoms with Gasteiger partial charge in [-0.25, -0.2) is 0 Å². The number of carboxylic acids is 1. The number of aromatic nitrogens is 1. The van der Waals surface area contributed by atoms with Gasteiger partial charge in [-0.1, -0.05) is 29.4 Å². The number of amides is 1. The van der Waals surface area contributed by atoms with Crippen LogP contribution in [0, 0.1) is 13.8 Å². The predicted octanol–water partition coefficient (Wildman–Crippen LogP) is 2.26. The molecule has 23 heavy (non-hydrogen) atoms. The van der Waals surface area contributed by atoms with E-state index in [0.29, 0.717) is 17.9 Å². The van der Waals surface area contributed by atoms with E-state index in [1.165, 1.54) is 0 Å². The summed E-state index contributed by atoms with van der Waals surface area (Å²) in [4.78, 5) is 23.7. The maximum Gasteiger partial charge on any atom is 0.311 e. The molecule has 0 saturated heterocycles. The van der Waals surface area contributed by atoms with Crippen molar-refractivity contribution in [2.45, 2.75) is 38.6 Å². The topological polar surface area (TPSA) is 92.4 Å². The third-order valence-corrected chi connectivity index (χ3v) is 4.37. The summed E-state index contributed by atoms with van der Waals surface area (Å²) >= 11 is 0. The van der Waals surface area contributed by atoms with Crippen molar-refractivity contribution < 1.29 is 19.2 Å². The highest BCUT2D eigenvalue weighted by molar-refractivity contribution is 5.81. The number of nitrogens with one attached hydrogen (secondary N) is 1. The van der Waals surface area contributed by atoms with Crippen LogP contribution in [0.3, 0.4) is 0 Å². The Bertz CT molecular complexity index is 746. The fraction of sp³-hybridized carbons (Fsp3) is 0.353. The zero-order valence-corrected chi connectivity index (χ0v) is 13.0. The van der Waals surface area contributed by atoms with Crippen molar-refractivity contribution in [3.8, 4) is 0 Å². The third-order valence-electron chi connectivity index (χ3n) is 4.37. The van der Waals surface area contributed by atoms with E-state index < -0.39 is 11.9 Å². The van der Waals surface area contributed by atoms with Crippen molar-refractivity contribution in [3.05, 3.63) is 52.4 Å². The SMILES string of the molecule is Cc1noc(C)c1CC(=O)NC1CC(C(=O)O)c2ccccc21. The summed E-state index contributed by atoms with van der Waals surface area (Å²) in [5.74, 6) is -0.964. The van der Waals surface area contributed by atoms with Crippen LogP contribution in [0.25, 0.3) is 0 Å². The molecule has 0 spiro atoms. The molecule has 1 amide bonds. The normalized spacial score (nSPS) is 19.4. The van der Waals surface area contributed by atoms with Crippen LogP contribution in [-0.4, -0.2) is 22.1 Å².